The van der Waals surface area contributed by atoms with Crippen molar-refractivity contribution in [2.24, 2.45) is 0 Å². The molecule has 1 aromatic carbocycles. The molecule has 0 radical (unpaired) electrons. The molecule has 0 bridgehead atoms. The van der Waals surface area contributed by atoms with Crippen LogP contribution < -0.4 is 5.43 Å². The Labute approximate surface area is 115 Å². The van der Waals surface area contributed by atoms with Gasteiger partial charge in [-0.1, -0.05) is 30.7 Å². The Morgan fingerprint density at radius 1 is 1.28 bits per heavy atom. The largest absolute Gasteiger partial charge is 0.304 e. The van der Waals surface area contributed by atoms with Gasteiger partial charge in [-0.3, -0.25) is 0 Å². The summed E-state index contributed by atoms with van der Waals surface area (Å²) in [5.41, 5.74) is 4.89. The summed E-state index contributed by atoms with van der Waals surface area (Å²) in [6.45, 7) is 6.60. The molecule has 18 heavy (non-hydrogen) atoms. The van der Waals surface area contributed by atoms with E-state index >= 15 is 0 Å². The molecule has 1 fully saturated rings. The van der Waals surface area contributed by atoms with Gasteiger partial charge in [0.2, 0.25) is 0 Å². The third-order valence-corrected chi connectivity index (χ3v) is 3.74. The third kappa shape index (κ3) is 3.69. The van der Waals surface area contributed by atoms with Gasteiger partial charge >= 0.3 is 0 Å². The van der Waals surface area contributed by atoms with Crippen molar-refractivity contribution < 1.29 is 0 Å². The van der Waals surface area contributed by atoms with Crippen molar-refractivity contribution in [1.29, 1.82) is 0 Å². The number of hydrazine groups is 1. The van der Waals surface area contributed by atoms with Gasteiger partial charge in [-0.05, 0) is 31.2 Å². The maximum absolute atomic E-state index is 6.06. The predicted molar refractivity (Wildman–Crippen MR) is 76.7 cm³/mol. The van der Waals surface area contributed by atoms with E-state index in [1.165, 1.54) is 5.56 Å². The number of rotatable bonds is 4. The van der Waals surface area contributed by atoms with Crippen LogP contribution >= 0.6 is 11.6 Å². The number of benzene rings is 1. The molecular weight excluding hydrogens is 246 g/mol. The molecule has 0 aromatic heterocycles. The van der Waals surface area contributed by atoms with E-state index in [9.17, 15) is 0 Å². The van der Waals surface area contributed by atoms with Gasteiger partial charge in [-0.15, -0.1) is 0 Å². The first-order chi connectivity index (χ1) is 8.69. The molecule has 1 aromatic rings. The highest BCUT2D eigenvalue weighted by molar-refractivity contribution is 6.30. The van der Waals surface area contributed by atoms with Gasteiger partial charge in [0.15, 0.2) is 0 Å². The van der Waals surface area contributed by atoms with E-state index in [-0.39, 0.29) is 0 Å². The minimum atomic E-state index is 0.354. The fourth-order valence-corrected chi connectivity index (χ4v) is 2.48. The molecule has 100 valence electrons. The molecular formula is C14H22ClN3. The van der Waals surface area contributed by atoms with Crippen LogP contribution in [-0.2, 0) is 0 Å². The molecule has 1 aliphatic rings. The number of hydrogen-bond donors (Lipinski definition) is 1. The normalized spacial score (nSPS) is 19.9. The highest BCUT2D eigenvalue weighted by atomic mass is 35.5. The van der Waals surface area contributed by atoms with E-state index in [2.05, 4.69) is 41.4 Å². The second-order valence-electron chi connectivity index (χ2n) is 4.94. The van der Waals surface area contributed by atoms with Crippen LogP contribution in [0, 0.1) is 0 Å². The standard InChI is InChI=1S/C14H22ClN3/c1-3-14(12-5-4-6-13(15)11-12)16-18-9-7-17(2)8-10-18/h4-6,11,14,16H,3,7-10H2,1-2H3. The molecule has 0 saturated carbocycles. The predicted octanol–water partition coefficient (Wildman–Crippen LogP) is 2.54. The van der Waals surface area contributed by atoms with Gasteiger partial charge in [0, 0.05) is 37.2 Å². The molecule has 1 heterocycles. The van der Waals surface area contributed by atoms with E-state index in [0.717, 1.165) is 37.6 Å². The summed E-state index contributed by atoms with van der Waals surface area (Å²) in [6.07, 6.45) is 1.06. The number of nitrogens with zero attached hydrogens (tertiary/aromatic N) is 2. The maximum atomic E-state index is 6.06. The molecule has 0 amide bonds. The molecule has 2 rings (SSSR count). The van der Waals surface area contributed by atoms with Crippen LogP contribution in [-0.4, -0.2) is 43.1 Å². The number of halogens is 1. The lowest BCUT2D eigenvalue weighted by molar-refractivity contribution is 0.0857. The zero-order valence-electron chi connectivity index (χ0n) is 11.2. The fourth-order valence-electron chi connectivity index (χ4n) is 2.28. The van der Waals surface area contributed by atoms with Crippen molar-refractivity contribution in [1.82, 2.24) is 15.3 Å². The van der Waals surface area contributed by atoms with Crippen LogP contribution in [0.3, 0.4) is 0 Å². The Morgan fingerprint density at radius 3 is 2.61 bits per heavy atom. The third-order valence-electron chi connectivity index (χ3n) is 3.50. The number of hydrogen-bond acceptors (Lipinski definition) is 3. The topological polar surface area (TPSA) is 18.5 Å². The molecule has 1 saturated heterocycles. The average molecular weight is 268 g/mol. The molecule has 0 spiro atoms. The highest BCUT2D eigenvalue weighted by Crippen LogP contribution is 2.20. The molecule has 1 N–H and O–H groups in total. The Balaban J connectivity index is 1.97. The van der Waals surface area contributed by atoms with Crippen molar-refractivity contribution in [3.8, 4) is 0 Å². The monoisotopic (exact) mass is 267 g/mol. The first-order valence-corrected chi connectivity index (χ1v) is 7.02. The average Bonchev–Trinajstić information content (AvgIpc) is 2.38. The summed E-state index contributed by atoms with van der Waals surface area (Å²) in [6, 6.07) is 8.49. The van der Waals surface area contributed by atoms with Gasteiger partial charge in [-0.2, -0.15) is 0 Å². The summed E-state index contributed by atoms with van der Waals surface area (Å²) < 4.78 is 0. The van der Waals surface area contributed by atoms with E-state index in [0.29, 0.717) is 6.04 Å². The van der Waals surface area contributed by atoms with Crippen LogP contribution in [0.4, 0.5) is 0 Å². The minimum Gasteiger partial charge on any atom is -0.304 e. The van der Waals surface area contributed by atoms with Crippen molar-refractivity contribution in [2.75, 3.05) is 33.2 Å². The lowest BCUT2D eigenvalue weighted by atomic mass is 10.1. The Hall–Kier alpha value is -0.610. The van der Waals surface area contributed by atoms with Crippen molar-refractivity contribution in [2.45, 2.75) is 19.4 Å². The summed E-state index contributed by atoms with van der Waals surface area (Å²) >= 11 is 6.06. The lowest BCUT2D eigenvalue weighted by Crippen LogP contribution is -2.51. The first-order valence-electron chi connectivity index (χ1n) is 6.64. The van der Waals surface area contributed by atoms with Crippen molar-refractivity contribution >= 4 is 11.6 Å². The Bertz CT molecular complexity index is 375. The molecule has 1 aliphatic heterocycles. The second-order valence-corrected chi connectivity index (χ2v) is 5.37. The van der Waals surface area contributed by atoms with E-state index < -0.39 is 0 Å². The van der Waals surface area contributed by atoms with Gasteiger partial charge in [0.25, 0.3) is 0 Å². The van der Waals surface area contributed by atoms with Gasteiger partial charge < -0.3 is 4.90 Å². The Kier molecular flexibility index (Phi) is 5.01. The summed E-state index contributed by atoms with van der Waals surface area (Å²) in [5.74, 6) is 0. The molecule has 0 aliphatic carbocycles. The van der Waals surface area contributed by atoms with Crippen LogP contribution in [0.15, 0.2) is 24.3 Å². The van der Waals surface area contributed by atoms with Crippen LogP contribution in [0.1, 0.15) is 24.9 Å². The molecule has 1 unspecified atom stereocenters. The SMILES string of the molecule is CCC(NN1CCN(C)CC1)c1cccc(Cl)c1. The highest BCUT2D eigenvalue weighted by Gasteiger charge is 2.17. The van der Waals surface area contributed by atoms with Crippen molar-refractivity contribution in [3.63, 3.8) is 0 Å². The number of nitrogens with one attached hydrogen (secondary N) is 1. The lowest BCUT2D eigenvalue weighted by Gasteiger charge is -2.35. The summed E-state index contributed by atoms with van der Waals surface area (Å²) in [4.78, 5) is 2.36. The van der Waals surface area contributed by atoms with Gasteiger partial charge in [-0.25, -0.2) is 10.4 Å². The summed E-state index contributed by atoms with van der Waals surface area (Å²) in [7, 11) is 2.17. The number of likely N-dealkylation sites (N-methyl/N-ethyl adjacent to an activating group) is 1. The van der Waals surface area contributed by atoms with Gasteiger partial charge in [0.1, 0.15) is 0 Å². The molecule has 3 nitrogen and oxygen atoms in total. The smallest absolute Gasteiger partial charge is 0.0462 e. The maximum Gasteiger partial charge on any atom is 0.0462 e. The zero-order valence-corrected chi connectivity index (χ0v) is 12.0. The minimum absolute atomic E-state index is 0.354. The van der Waals surface area contributed by atoms with Gasteiger partial charge in [0.05, 0.1) is 0 Å². The van der Waals surface area contributed by atoms with E-state index in [1.807, 2.05) is 12.1 Å². The fraction of sp³-hybridized carbons (Fsp3) is 0.571. The van der Waals surface area contributed by atoms with E-state index in [4.69, 9.17) is 11.6 Å². The Morgan fingerprint density at radius 2 is 2.00 bits per heavy atom. The van der Waals surface area contributed by atoms with Crippen molar-refractivity contribution in [3.05, 3.63) is 34.9 Å². The van der Waals surface area contributed by atoms with E-state index in [1.54, 1.807) is 0 Å². The molecule has 4 heteroatoms. The zero-order chi connectivity index (χ0) is 13.0. The van der Waals surface area contributed by atoms with Crippen LogP contribution in [0.5, 0.6) is 0 Å². The van der Waals surface area contributed by atoms with Crippen LogP contribution in [0.2, 0.25) is 5.02 Å². The number of piperazine rings is 1. The first kappa shape index (κ1) is 13.8. The molecule has 1 atom stereocenters. The van der Waals surface area contributed by atoms with Crippen LogP contribution in [0.25, 0.3) is 0 Å². The quantitative estimate of drug-likeness (QED) is 0.905. The summed E-state index contributed by atoms with van der Waals surface area (Å²) in [5, 5.41) is 3.14. The second kappa shape index (κ2) is 6.53.